The first-order valence-electron chi connectivity index (χ1n) is 11.1. The van der Waals surface area contributed by atoms with Gasteiger partial charge in [-0.25, -0.2) is 14.6 Å². The first kappa shape index (κ1) is 24.6. The Hall–Kier alpha value is -3.54. The number of carbonyl (C=O) groups is 2. The zero-order valence-corrected chi connectivity index (χ0v) is 20.6. The van der Waals surface area contributed by atoms with Gasteiger partial charge in [0.1, 0.15) is 17.0 Å². The van der Waals surface area contributed by atoms with Crippen molar-refractivity contribution in [1.82, 2.24) is 19.9 Å². The highest BCUT2D eigenvalue weighted by Crippen LogP contribution is 2.24. The van der Waals surface area contributed by atoms with Crippen LogP contribution in [0.1, 0.15) is 44.5 Å². The number of alkyl carbamates (subject to hydrolysis) is 1. The van der Waals surface area contributed by atoms with E-state index in [2.05, 4.69) is 15.3 Å². The van der Waals surface area contributed by atoms with E-state index in [1.165, 1.54) is 16.1 Å². The Bertz CT molecular complexity index is 1330. The third-order valence-electron chi connectivity index (χ3n) is 5.23. The van der Waals surface area contributed by atoms with Crippen molar-refractivity contribution in [1.29, 1.82) is 0 Å². The summed E-state index contributed by atoms with van der Waals surface area (Å²) in [5.41, 5.74) is -1.08. The first-order valence-corrected chi connectivity index (χ1v) is 12.0. The number of ether oxygens (including phenoxy) is 2. The summed E-state index contributed by atoms with van der Waals surface area (Å²) < 4.78 is 25.5. The molecule has 35 heavy (non-hydrogen) atoms. The Morgan fingerprint density at radius 2 is 2.06 bits per heavy atom. The lowest BCUT2D eigenvalue weighted by molar-refractivity contribution is 0.0503. The van der Waals surface area contributed by atoms with Gasteiger partial charge in [0.25, 0.3) is 0 Å². The molecule has 4 rings (SSSR count). The van der Waals surface area contributed by atoms with Gasteiger partial charge in [-0.3, -0.25) is 9.36 Å². The van der Waals surface area contributed by atoms with Crippen molar-refractivity contribution in [3.05, 3.63) is 45.4 Å². The molecule has 12 heteroatoms. The minimum absolute atomic E-state index is 0.104. The van der Waals surface area contributed by atoms with Crippen LogP contribution in [0.2, 0.25) is 0 Å². The van der Waals surface area contributed by atoms with Crippen molar-refractivity contribution < 1.29 is 23.5 Å². The van der Waals surface area contributed by atoms with Crippen LogP contribution >= 0.6 is 11.3 Å². The smallest absolute Gasteiger partial charge is 0.407 e. The van der Waals surface area contributed by atoms with Crippen molar-refractivity contribution in [2.24, 2.45) is 0 Å². The van der Waals surface area contributed by atoms with Gasteiger partial charge < -0.3 is 19.7 Å². The van der Waals surface area contributed by atoms with Crippen molar-refractivity contribution in [3.8, 4) is 5.13 Å². The number of nitrogens with one attached hydrogen (secondary N) is 1. The average Bonchev–Trinajstić information content (AvgIpc) is 3.41. The van der Waals surface area contributed by atoms with E-state index in [0.717, 1.165) is 11.3 Å². The largest absolute Gasteiger partial charge is 0.462 e. The molecule has 1 saturated heterocycles. The molecule has 186 valence electrons. The minimum Gasteiger partial charge on any atom is -0.462 e. The number of thiazole rings is 1. The summed E-state index contributed by atoms with van der Waals surface area (Å²) in [6.07, 6.45) is 1.49. The molecule has 1 amide bonds. The zero-order chi connectivity index (χ0) is 25.3. The van der Waals surface area contributed by atoms with Crippen LogP contribution in [0.5, 0.6) is 0 Å². The van der Waals surface area contributed by atoms with E-state index >= 15 is 0 Å². The quantitative estimate of drug-likeness (QED) is 0.528. The number of anilines is 1. The molecule has 1 atom stereocenters. The molecular formula is C23H26FN5O5S. The molecule has 1 unspecified atom stereocenters. The standard InChI is InChI=1S/C23H26FN5O5S/c1-5-33-20(31)15-11-29(21-26-16(24)12-35-21)19-14(18(15)30)6-7-17(27-19)28-9-8-13(10-28)25-22(32)34-23(2,3)4/h6-7,11-13H,5,8-10H2,1-4H3,(H,25,32). The van der Waals surface area contributed by atoms with Gasteiger partial charge in [0.05, 0.1) is 18.0 Å². The summed E-state index contributed by atoms with van der Waals surface area (Å²) in [5, 5.41) is 4.48. The number of nitrogens with zero attached hydrogens (tertiary/aromatic N) is 4. The maximum absolute atomic E-state index is 13.7. The van der Waals surface area contributed by atoms with Gasteiger partial charge in [-0.2, -0.15) is 9.37 Å². The van der Waals surface area contributed by atoms with Crippen LogP contribution in [0.15, 0.2) is 28.5 Å². The van der Waals surface area contributed by atoms with Gasteiger partial charge in [0.15, 0.2) is 10.8 Å². The maximum atomic E-state index is 13.7. The second-order valence-electron chi connectivity index (χ2n) is 9.03. The second kappa shape index (κ2) is 9.61. The molecule has 0 aliphatic carbocycles. The fraction of sp³-hybridized carbons (Fsp3) is 0.435. The number of aromatic nitrogens is 3. The van der Waals surface area contributed by atoms with Gasteiger partial charge in [0.2, 0.25) is 11.4 Å². The molecule has 0 saturated carbocycles. The van der Waals surface area contributed by atoms with Gasteiger partial charge in [0, 0.05) is 24.7 Å². The summed E-state index contributed by atoms with van der Waals surface area (Å²) in [7, 11) is 0. The number of fused-ring (bicyclic) bond motifs is 1. The molecular weight excluding hydrogens is 477 g/mol. The molecule has 1 aliphatic heterocycles. The van der Waals surface area contributed by atoms with Crippen molar-refractivity contribution >= 4 is 40.3 Å². The molecule has 10 nitrogen and oxygen atoms in total. The topological polar surface area (TPSA) is 116 Å². The summed E-state index contributed by atoms with van der Waals surface area (Å²) in [4.78, 5) is 48.0. The summed E-state index contributed by atoms with van der Waals surface area (Å²) >= 11 is 1.01. The van der Waals surface area contributed by atoms with E-state index in [1.807, 2.05) is 4.90 Å². The number of esters is 1. The molecule has 4 heterocycles. The molecule has 0 aromatic carbocycles. The van der Waals surface area contributed by atoms with Gasteiger partial charge in [-0.1, -0.05) is 0 Å². The molecule has 3 aromatic rings. The summed E-state index contributed by atoms with van der Waals surface area (Å²) in [5.74, 6) is -0.883. The van der Waals surface area contributed by atoms with Gasteiger partial charge >= 0.3 is 12.1 Å². The number of rotatable bonds is 5. The number of hydrogen-bond donors (Lipinski definition) is 1. The van der Waals surface area contributed by atoms with Crippen LogP contribution in [0, 0.1) is 5.95 Å². The van der Waals surface area contributed by atoms with E-state index in [1.54, 1.807) is 39.8 Å². The Labute approximate surface area is 204 Å². The highest BCUT2D eigenvalue weighted by atomic mass is 32.1. The van der Waals surface area contributed by atoms with Crippen LogP contribution in [0.3, 0.4) is 0 Å². The predicted molar refractivity (Wildman–Crippen MR) is 129 cm³/mol. The predicted octanol–water partition coefficient (Wildman–Crippen LogP) is 3.26. The lowest BCUT2D eigenvalue weighted by Gasteiger charge is -2.22. The number of halogens is 1. The monoisotopic (exact) mass is 503 g/mol. The lowest BCUT2D eigenvalue weighted by Crippen LogP contribution is -2.40. The Kier molecular flexibility index (Phi) is 6.75. The molecule has 1 aliphatic rings. The number of carbonyl (C=O) groups excluding carboxylic acids is 2. The zero-order valence-electron chi connectivity index (χ0n) is 19.8. The third kappa shape index (κ3) is 5.42. The van der Waals surface area contributed by atoms with Crippen LogP contribution in [0.4, 0.5) is 15.0 Å². The van der Waals surface area contributed by atoms with Crippen molar-refractivity contribution in [2.45, 2.75) is 45.8 Å². The molecule has 0 radical (unpaired) electrons. The van der Waals surface area contributed by atoms with E-state index in [4.69, 9.17) is 9.47 Å². The van der Waals surface area contributed by atoms with Gasteiger partial charge in [-0.15, -0.1) is 11.3 Å². The lowest BCUT2D eigenvalue weighted by atomic mass is 10.2. The SMILES string of the molecule is CCOC(=O)c1cn(-c2nc(F)cs2)c2nc(N3CCC(NC(=O)OC(C)(C)C)C3)ccc2c1=O. The highest BCUT2D eigenvalue weighted by molar-refractivity contribution is 7.12. The molecule has 0 bridgehead atoms. The van der Waals surface area contributed by atoms with Crippen molar-refractivity contribution in [3.63, 3.8) is 0 Å². The molecule has 1 N–H and O–H groups in total. The van der Waals surface area contributed by atoms with Crippen LogP contribution in [0.25, 0.3) is 16.2 Å². The molecule has 3 aromatic heterocycles. The summed E-state index contributed by atoms with van der Waals surface area (Å²) in [6.45, 7) is 8.26. The van der Waals surface area contributed by atoms with E-state index in [0.29, 0.717) is 25.3 Å². The molecule has 0 spiro atoms. The van der Waals surface area contributed by atoms with E-state index < -0.39 is 29.0 Å². The second-order valence-corrected chi connectivity index (χ2v) is 9.87. The average molecular weight is 504 g/mol. The van der Waals surface area contributed by atoms with Crippen molar-refractivity contribution in [2.75, 3.05) is 24.6 Å². The van der Waals surface area contributed by atoms with Crippen LogP contribution in [-0.4, -0.2) is 57.9 Å². The van der Waals surface area contributed by atoms with Gasteiger partial charge in [-0.05, 0) is 46.2 Å². The number of hydrogen-bond acceptors (Lipinski definition) is 9. The first-order chi connectivity index (χ1) is 16.6. The Balaban J connectivity index is 1.68. The fourth-order valence-electron chi connectivity index (χ4n) is 3.79. The highest BCUT2D eigenvalue weighted by Gasteiger charge is 2.28. The normalized spacial score (nSPS) is 15.9. The minimum atomic E-state index is -0.773. The molecule has 1 fully saturated rings. The Morgan fingerprint density at radius 3 is 2.71 bits per heavy atom. The fourth-order valence-corrected chi connectivity index (χ4v) is 4.43. The maximum Gasteiger partial charge on any atom is 0.407 e. The number of pyridine rings is 2. The van der Waals surface area contributed by atoms with E-state index in [-0.39, 0.29) is 34.4 Å². The Morgan fingerprint density at radius 1 is 1.29 bits per heavy atom. The summed E-state index contributed by atoms with van der Waals surface area (Å²) in [6, 6.07) is 3.13. The number of amides is 1. The van der Waals surface area contributed by atoms with Crippen LogP contribution < -0.4 is 15.6 Å². The van der Waals surface area contributed by atoms with Crippen LogP contribution in [-0.2, 0) is 9.47 Å². The third-order valence-corrected chi connectivity index (χ3v) is 6.05. The van der Waals surface area contributed by atoms with E-state index in [9.17, 15) is 18.8 Å².